The maximum atomic E-state index is 10.8. The molecule has 0 fully saturated rings. The monoisotopic (exact) mass is 210 g/mol. The van der Waals surface area contributed by atoms with Gasteiger partial charge in [-0.25, -0.2) is 9.78 Å². The molecule has 0 radical (unpaired) electrons. The Morgan fingerprint density at radius 3 is 2.93 bits per heavy atom. The molecule has 0 bridgehead atoms. The normalized spacial score (nSPS) is 10.7. The Labute approximate surface area is 84.8 Å². The summed E-state index contributed by atoms with van der Waals surface area (Å²) < 4.78 is 1.70. The van der Waals surface area contributed by atoms with Crippen LogP contribution in [0, 0.1) is 6.92 Å². The summed E-state index contributed by atoms with van der Waals surface area (Å²) in [5.41, 5.74) is 1.48. The number of carbonyl (C=O) groups is 1. The van der Waals surface area contributed by atoms with Crippen molar-refractivity contribution in [2.45, 2.75) is 6.92 Å². The van der Waals surface area contributed by atoms with Gasteiger partial charge in [-0.1, -0.05) is 11.6 Å². The number of fused-ring (bicyclic) bond motifs is 1. The predicted octanol–water partition coefficient (Wildman–Crippen LogP) is 1.99. The summed E-state index contributed by atoms with van der Waals surface area (Å²) in [7, 11) is 0. The zero-order valence-electron chi connectivity index (χ0n) is 7.36. The van der Waals surface area contributed by atoms with E-state index in [9.17, 15) is 4.79 Å². The van der Waals surface area contributed by atoms with E-state index in [-0.39, 0.29) is 10.6 Å². The minimum absolute atomic E-state index is 0.0739. The minimum atomic E-state index is -1.04. The van der Waals surface area contributed by atoms with Gasteiger partial charge in [-0.3, -0.25) is 0 Å². The Hall–Kier alpha value is -1.55. The van der Waals surface area contributed by atoms with Crippen LogP contribution in [0.5, 0.6) is 0 Å². The summed E-state index contributed by atoms with van der Waals surface area (Å²) in [6.07, 6.45) is 3.33. The van der Waals surface area contributed by atoms with E-state index >= 15 is 0 Å². The summed E-state index contributed by atoms with van der Waals surface area (Å²) in [6.45, 7) is 1.83. The van der Waals surface area contributed by atoms with Gasteiger partial charge in [-0.15, -0.1) is 0 Å². The van der Waals surface area contributed by atoms with Crippen LogP contribution >= 0.6 is 11.6 Å². The summed E-state index contributed by atoms with van der Waals surface area (Å²) in [4.78, 5) is 14.9. The molecule has 5 heteroatoms. The van der Waals surface area contributed by atoms with Crippen molar-refractivity contribution in [2.24, 2.45) is 0 Å². The van der Waals surface area contributed by atoms with Gasteiger partial charge in [0.05, 0.1) is 16.3 Å². The number of aryl methyl sites for hydroxylation is 1. The topological polar surface area (TPSA) is 54.6 Å². The number of hydrogen-bond donors (Lipinski definition) is 1. The summed E-state index contributed by atoms with van der Waals surface area (Å²) in [5.74, 6) is -1.04. The van der Waals surface area contributed by atoms with Crippen molar-refractivity contribution < 1.29 is 9.90 Å². The molecule has 14 heavy (non-hydrogen) atoms. The Morgan fingerprint density at radius 2 is 2.29 bits per heavy atom. The smallest absolute Gasteiger partial charge is 0.337 e. The molecule has 2 aromatic rings. The first kappa shape index (κ1) is 9.02. The second-order valence-corrected chi connectivity index (χ2v) is 3.40. The van der Waals surface area contributed by atoms with Crippen LogP contribution in [0.4, 0.5) is 0 Å². The van der Waals surface area contributed by atoms with Crippen LogP contribution in [0.3, 0.4) is 0 Å². The maximum absolute atomic E-state index is 10.8. The Bertz CT molecular complexity index is 519. The van der Waals surface area contributed by atoms with Gasteiger partial charge in [0.15, 0.2) is 0 Å². The van der Waals surface area contributed by atoms with E-state index < -0.39 is 5.97 Å². The molecular formula is C9H7ClN2O2. The maximum Gasteiger partial charge on any atom is 0.337 e. The van der Waals surface area contributed by atoms with Crippen LogP contribution in [0.2, 0.25) is 5.02 Å². The molecule has 2 heterocycles. The minimum Gasteiger partial charge on any atom is -0.478 e. The molecule has 0 unspecified atom stereocenters. The molecule has 0 saturated carbocycles. The Morgan fingerprint density at radius 1 is 1.57 bits per heavy atom. The van der Waals surface area contributed by atoms with Crippen LogP contribution in [0.15, 0.2) is 18.5 Å². The van der Waals surface area contributed by atoms with Gasteiger partial charge in [-0.2, -0.15) is 0 Å². The standard InChI is InChI=1S/C9H7ClN2O2/c1-5-3-12-4-7(10)6(9(13)14)2-8(12)11-5/h2-4H,1H3,(H,13,14). The molecule has 0 atom stereocenters. The molecular weight excluding hydrogens is 204 g/mol. The first-order chi connectivity index (χ1) is 6.58. The molecule has 1 N–H and O–H groups in total. The van der Waals surface area contributed by atoms with Gasteiger partial charge < -0.3 is 9.51 Å². The van der Waals surface area contributed by atoms with Crippen molar-refractivity contribution in [3.8, 4) is 0 Å². The third-order valence-electron chi connectivity index (χ3n) is 1.89. The SMILES string of the molecule is Cc1cn2cc(Cl)c(C(=O)O)cc2n1. The molecule has 0 aliphatic rings. The third-order valence-corrected chi connectivity index (χ3v) is 2.20. The number of aromatic nitrogens is 2. The van der Waals surface area contributed by atoms with Crippen LogP contribution < -0.4 is 0 Å². The largest absolute Gasteiger partial charge is 0.478 e. The molecule has 2 aromatic heterocycles. The van der Waals surface area contributed by atoms with E-state index in [2.05, 4.69) is 4.98 Å². The fourth-order valence-corrected chi connectivity index (χ4v) is 1.54. The molecule has 0 aliphatic carbocycles. The number of halogens is 1. The van der Waals surface area contributed by atoms with Crippen LogP contribution in [-0.2, 0) is 0 Å². The van der Waals surface area contributed by atoms with E-state index in [1.54, 1.807) is 16.8 Å². The number of carboxylic acid groups (broad SMARTS) is 1. The summed E-state index contributed by atoms with van der Waals surface area (Å²) >= 11 is 5.78. The van der Waals surface area contributed by atoms with E-state index in [0.29, 0.717) is 5.65 Å². The number of rotatable bonds is 1. The highest BCUT2D eigenvalue weighted by atomic mass is 35.5. The Balaban J connectivity index is 2.76. The van der Waals surface area contributed by atoms with Crippen molar-refractivity contribution >= 4 is 23.2 Å². The lowest BCUT2D eigenvalue weighted by Crippen LogP contribution is -1.99. The third kappa shape index (κ3) is 1.33. The fraction of sp³-hybridized carbons (Fsp3) is 0.111. The predicted molar refractivity (Wildman–Crippen MR) is 51.9 cm³/mol. The van der Waals surface area contributed by atoms with E-state index in [4.69, 9.17) is 16.7 Å². The lowest BCUT2D eigenvalue weighted by molar-refractivity contribution is 0.0697. The number of imidazole rings is 1. The molecule has 0 saturated heterocycles. The molecule has 0 amide bonds. The molecule has 4 nitrogen and oxygen atoms in total. The van der Waals surface area contributed by atoms with Crippen molar-refractivity contribution in [1.29, 1.82) is 0 Å². The van der Waals surface area contributed by atoms with E-state index in [1.165, 1.54) is 6.07 Å². The van der Waals surface area contributed by atoms with Crippen molar-refractivity contribution in [3.63, 3.8) is 0 Å². The summed E-state index contributed by atoms with van der Waals surface area (Å²) in [5, 5.41) is 9.02. The molecule has 72 valence electrons. The van der Waals surface area contributed by atoms with Crippen molar-refractivity contribution in [3.05, 3.63) is 34.7 Å². The lowest BCUT2D eigenvalue weighted by atomic mass is 10.3. The zero-order valence-corrected chi connectivity index (χ0v) is 8.12. The molecule has 0 spiro atoms. The summed E-state index contributed by atoms with van der Waals surface area (Å²) in [6, 6.07) is 1.46. The number of pyridine rings is 1. The first-order valence-corrected chi connectivity index (χ1v) is 4.34. The second kappa shape index (κ2) is 2.99. The van der Waals surface area contributed by atoms with Gasteiger partial charge in [-0.05, 0) is 13.0 Å². The Kier molecular flexibility index (Phi) is 1.93. The van der Waals surface area contributed by atoms with Gasteiger partial charge in [0, 0.05) is 12.4 Å². The average Bonchev–Trinajstić information content (AvgIpc) is 2.42. The van der Waals surface area contributed by atoms with Crippen molar-refractivity contribution in [1.82, 2.24) is 9.38 Å². The molecule has 2 rings (SSSR count). The number of nitrogens with zero attached hydrogens (tertiary/aromatic N) is 2. The highest BCUT2D eigenvalue weighted by molar-refractivity contribution is 6.33. The zero-order chi connectivity index (χ0) is 10.3. The number of hydrogen-bond acceptors (Lipinski definition) is 2. The van der Waals surface area contributed by atoms with E-state index in [0.717, 1.165) is 5.69 Å². The molecule has 0 aliphatic heterocycles. The van der Waals surface area contributed by atoms with Crippen LogP contribution in [0.1, 0.15) is 16.1 Å². The van der Waals surface area contributed by atoms with Crippen LogP contribution in [0.25, 0.3) is 5.65 Å². The fourth-order valence-electron chi connectivity index (χ4n) is 1.30. The van der Waals surface area contributed by atoms with Gasteiger partial charge in [0.25, 0.3) is 0 Å². The van der Waals surface area contributed by atoms with Crippen LogP contribution in [-0.4, -0.2) is 20.5 Å². The van der Waals surface area contributed by atoms with E-state index in [1.807, 2.05) is 6.92 Å². The second-order valence-electron chi connectivity index (χ2n) is 2.99. The first-order valence-electron chi connectivity index (χ1n) is 3.96. The average molecular weight is 211 g/mol. The highest BCUT2D eigenvalue weighted by Gasteiger charge is 2.10. The highest BCUT2D eigenvalue weighted by Crippen LogP contribution is 2.18. The van der Waals surface area contributed by atoms with Gasteiger partial charge >= 0.3 is 5.97 Å². The van der Waals surface area contributed by atoms with Gasteiger partial charge in [0.2, 0.25) is 0 Å². The number of carboxylic acids is 1. The number of aromatic carboxylic acids is 1. The molecule has 0 aromatic carbocycles. The quantitative estimate of drug-likeness (QED) is 0.783. The van der Waals surface area contributed by atoms with Gasteiger partial charge in [0.1, 0.15) is 5.65 Å². The van der Waals surface area contributed by atoms with Crippen molar-refractivity contribution in [2.75, 3.05) is 0 Å². The lowest BCUT2D eigenvalue weighted by Gasteiger charge is -1.99.